The van der Waals surface area contributed by atoms with Crippen molar-refractivity contribution in [2.75, 3.05) is 0 Å². The summed E-state index contributed by atoms with van der Waals surface area (Å²) in [6.45, 7) is 1.99. The first kappa shape index (κ1) is 7.50. The van der Waals surface area contributed by atoms with E-state index in [4.69, 9.17) is 0 Å². The van der Waals surface area contributed by atoms with Gasteiger partial charge in [-0.25, -0.2) is 9.97 Å². The molecule has 0 unspecified atom stereocenters. The molecule has 14 heavy (non-hydrogen) atoms. The van der Waals surface area contributed by atoms with Gasteiger partial charge in [0.05, 0.1) is 17.2 Å². The molecule has 0 aliphatic carbocycles. The Bertz CT molecular complexity index is 610. The van der Waals surface area contributed by atoms with Crippen LogP contribution in [0.3, 0.4) is 0 Å². The molecule has 0 amide bonds. The molecule has 1 aromatic carbocycles. The van der Waals surface area contributed by atoms with E-state index in [2.05, 4.69) is 16.0 Å². The van der Waals surface area contributed by atoms with Crippen molar-refractivity contribution >= 4 is 16.4 Å². The van der Waals surface area contributed by atoms with Crippen molar-refractivity contribution in [2.45, 2.75) is 6.92 Å². The summed E-state index contributed by atoms with van der Waals surface area (Å²) in [5.41, 5.74) is 2.14. The zero-order valence-corrected chi connectivity index (χ0v) is 7.81. The van der Waals surface area contributed by atoms with Gasteiger partial charge < -0.3 is 0 Å². The Morgan fingerprint density at radius 2 is 2.07 bits per heavy atom. The molecule has 3 rings (SSSR count). The highest BCUT2D eigenvalue weighted by molar-refractivity contribution is 5.93. The molecule has 3 aromatic rings. The third-order valence-corrected chi connectivity index (χ3v) is 2.45. The second kappa shape index (κ2) is 2.54. The van der Waals surface area contributed by atoms with Crippen molar-refractivity contribution in [3.63, 3.8) is 0 Å². The number of fused-ring (bicyclic) bond motifs is 3. The number of aromatic nitrogens is 3. The van der Waals surface area contributed by atoms with Crippen LogP contribution in [0.2, 0.25) is 0 Å². The predicted octanol–water partition coefficient (Wildman–Crippen LogP) is 2.19. The van der Waals surface area contributed by atoms with E-state index in [-0.39, 0.29) is 0 Å². The Morgan fingerprint density at radius 3 is 3.00 bits per heavy atom. The molecule has 2 heterocycles. The molecule has 0 saturated carbocycles. The molecule has 2 aromatic heterocycles. The molecule has 0 saturated heterocycles. The number of benzene rings is 1. The molecule has 3 nitrogen and oxygen atoms in total. The lowest BCUT2D eigenvalue weighted by atomic mass is 10.2. The zero-order chi connectivity index (χ0) is 9.54. The van der Waals surface area contributed by atoms with Crippen LogP contribution in [0.4, 0.5) is 0 Å². The molecular formula is C11H9N3. The third-order valence-electron chi connectivity index (χ3n) is 2.45. The van der Waals surface area contributed by atoms with Gasteiger partial charge in [0.25, 0.3) is 0 Å². The van der Waals surface area contributed by atoms with Gasteiger partial charge in [-0.2, -0.15) is 0 Å². The lowest BCUT2D eigenvalue weighted by Gasteiger charge is -2.03. The minimum atomic E-state index is 0.969. The van der Waals surface area contributed by atoms with E-state index >= 15 is 0 Å². The SMILES string of the molecule is Cc1nc2ccccc2c2cncn12. The monoisotopic (exact) mass is 183 g/mol. The van der Waals surface area contributed by atoms with E-state index in [0.717, 1.165) is 22.2 Å². The normalized spacial score (nSPS) is 11.2. The van der Waals surface area contributed by atoms with E-state index in [0.29, 0.717) is 0 Å². The fourth-order valence-electron chi connectivity index (χ4n) is 1.77. The van der Waals surface area contributed by atoms with Gasteiger partial charge in [0.15, 0.2) is 0 Å². The quantitative estimate of drug-likeness (QED) is 0.534. The first-order valence-electron chi connectivity index (χ1n) is 4.54. The van der Waals surface area contributed by atoms with E-state index in [1.165, 1.54) is 0 Å². The lowest BCUT2D eigenvalue weighted by Crippen LogP contribution is -1.94. The van der Waals surface area contributed by atoms with E-state index in [9.17, 15) is 0 Å². The van der Waals surface area contributed by atoms with E-state index < -0.39 is 0 Å². The minimum Gasteiger partial charge on any atom is -0.287 e. The fraction of sp³-hybridized carbons (Fsp3) is 0.0909. The van der Waals surface area contributed by atoms with E-state index in [1.54, 1.807) is 6.33 Å². The maximum Gasteiger partial charge on any atom is 0.111 e. The van der Waals surface area contributed by atoms with Gasteiger partial charge >= 0.3 is 0 Å². The minimum absolute atomic E-state index is 0.969. The van der Waals surface area contributed by atoms with Crippen molar-refractivity contribution < 1.29 is 0 Å². The van der Waals surface area contributed by atoms with Crippen LogP contribution in [-0.2, 0) is 0 Å². The highest BCUT2D eigenvalue weighted by Gasteiger charge is 2.03. The van der Waals surface area contributed by atoms with Gasteiger partial charge in [0.2, 0.25) is 0 Å². The molecular weight excluding hydrogens is 174 g/mol. The Labute approximate surface area is 81.0 Å². The highest BCUT2D eigenvalue weighted by Crippen LogP contribution is 2.18. The molecule has 0 aliphatic heterocycles. The van der Waals surface area contributed by atoms with Gasteiger partial charge in [0, 0.05) is 5.39 Å². The summed E-state index contributed by atoms with van der Waals surface area (Å²) in [7, 11) is 0. The molecule has 3 heteroatoms. The van der Waals surface area contributed by atoms with Gasteiger partial charge in [-0.3, -0.25) is 4.40 Å². The van der Waals surface area contributed by atoms with Crippen LogP contribution in [0, 0.1) is 6.92 Å². The first-order chi connectivity index (χ1) is 6.86. The average Bonchev–Trinajstić information content (AvgIpc) is 2.67. The van der Waals surface area contributed by atoms with Gasteiger partial charge in [0.1, 0.15) is 12.2 Å². The summed E-state index contributed by atoms with van der Waals surface area (Å²) < 4.78 is 2.00. The molecule has 0 bridgehead atoms. The number of rotatable bonds is 0. The van der Waals surface area contributed by atoms with Crippen molar-refractivity contribution in [2.24, 2.45) is 0 Å². The second-order valence-corrected chi connectivity index (χ2v) is 3.33. The van der Waals surface area contributed by atoms with Crippen LogP contribution in [-0.4, -0.2) is 14.4 Å². The van der Waals surface area contributed by atoms with Crippen LogP contribution in [0.5, 0.6) is 0 Å². The molecule has 68 valence electrons. The second-order valence-electron chi connectivity index (χ2n) is 3.33. The summed E-state index contributed by atoms with van der Waals surface area (Å²) in [5.74, 6) is 0.969. The van der Waals surface area contributed by atoms with Crippen LogP contribution < -0.4 is 0 Å². The number of hydrogen-bond donors (Lipinski definition) is 0. The van der Waals surface area contributed by atoms with Crippen molar-refractivity contribution in [1.29, 1.82) is 0 Å². The average molecular weight is 183 g/mol. The largest absolute Gasteiger partial charge is 0.287 e. The molecule has 0 aliphatic rings. The highest BCUT2D eigenvalue weighted by atomic mass is 15.0. The summed E-state index contributed by atoms with van der Waals surface area (Å²) in [4.78, 5) is 8.63. The van der Waals surface area contributed by atoms with Gasteiger partial charge in [-0.1, -0.05) is 18.2 Å². The van der Waals surface area contributed by atoms with Crippen molar-refractivity contribution in [3.8, 4) is 0 Å². The number of para-hydroxylation sites is 1. The molecule has 0 atom stereocenters. The van der Waals surface area contributed by atoms with Crippen LogP contribution in [0.1, 0.15) is 5.82 Å². The maximum atomic E-state index is 4.50. The summed E-state index contributed by atoms with van der Waals surface area (Å²) in [6, 6.07) is 8.11. The Kier molecular flexibility index (Phi) is 1.36. The number of aryl methyl sites for hydroxylation is 1. The van der Waals surface area contributed by atoms with Crippen LogP contribution in [0.25, 0.3) is 16.4 Å². The molecule has 0 N–H and O–H groups in total. The fourth-order valence-corrected chi connectivity index (χ4v) is 1.77. The Hall–Kier alpha value is -1.90. The molecule has 0 fully saturated rings. The summed E-state index contributed by atoms with van der Waals surface area (Å²) in [6.07, 6.45) is 3.67. The third kappa shape index (κ3) is 0.865. The standard InChI is InChI=1S/C11H9N3/c1-8-13-10-5-3-2-4-9(10)11-6-12-7-14(8)11/h2-7H,1H3. The predicted molar refractivity (Wildman–Crippen MR) is 55.2 cm³/mol. The first-order valence-corrected chi connectivity index (χ1v) is 4.54. The smallest absolute Gasteiger partial charge is 0.111 e. The molecule has 0 spiro atoms. The number of imidazole rings is 1. The van der Waals surface area contributed by atoms with Gasteiger partial charge in [-0.05, 0) is 13.0 Å². The van der Waals surface area contributed by atoms with Crippen molar-refractivity contribution in [3.05, 3.63) is 42.6 Å². The Morgan fingerprint density at radius 1 is 1.21 bits per heavy atom. The van der Waals surface area contributed by atoms with Crippen LogP contribution >= 0.6 is 0 Å². The zero-order valence-electron chi connectivity index (χ0n) is 7.81. The lowest BCUT2D eigenvalue weighted by molar-refractivity contribution is 1.00. The topological polar surface area (TPSA) is 30.2 Å². The van der Waals surface area contributed by atoms with E-state index in [1.807, 2.05) is 35.7 Å². The maximum absolute atomic E-state index is 4.50. The number of hydrogen-bond acceptors (Lipinski definition) is 2. The van der Waals surface area contributed by atoms with Crippen molar-refractivity contribution in [1.82, 2.24) is 14.4 Å². The Balaban J connectivity index is 2.66. The molecule has 0 radical (unpaired) electrons. The summed E-state index contributed by atoms with van der Waals surface area (Å²) >= 11 is 0. The van der Waals surface area contributed by atoms with Gasteiger partial charge in [-0.15, -0.1) is 0 Å². The number of nitrogens with zero attached hydrogens (tertiary/aromatic N) is 3. The summed E-state index contributed by atoms with van der Waals surface area (Å²) in [5, 5.41) is 1.15. The van der Waals surface area contributed by atoms with Crippen LogP contribution in [0.15, 0.2) is 36.8 Å².